The summed E-state index contributed by atoms with van der Waals surface area (Å²) in [6.07, 6.45) is 0.992. The lowest BCUT2D eigenvalue weighted by atomic mass is 10.1. The molecule has 1 aliphatic heterocycles. The van der Waals surface area contributed by atoms with Crippen molar-refractivity contribution in [1.29, 1.82) is 0 Å². The lowest BCUT2D eigenvalue weighted by Gasteiger charge is -2.08. The standard InChI is InChI=1S/C17H16FN3O3S/c18-12-3-1-11(2-4-12)14-15-16(25-21-14)17(22)20-13(19-15)9-24-8-10-5-6-23-7-10/h1-4,10H,5-9H2,(H,19,20,22). The lowest BCUT2D eigenvalue weighted by Crippen LogP contribution is -2.14. The minimum atomic E-state index is -0.320. The molecule has 25 heavy (non-hydrogen) atoms. The molecule has 3 heterocycles. The molecule has 2 aromatic heterocycles. The molecule has 1 aromatic carbocycles. The van der Waals surface area contributed by atoms with E-state index in [0.717, 1.165) is 30.1 Å². The summed E-state index contributed by atoms with van der Waals surface area (Å²) >= 11 is 1.09. The maximum atomic E-state index is 13.1. The van der Waals surface area contributed by atoms with E-state index in [0.29, 0.717) is 40.9 Å². The Labute approximate surface area is 146 Å². The van der Waals surface area contributed by atoms with Gasteiger partial charge < -0.3 is 14.5 Å². The number of hydrogen-bond donors (Lipinski definition) is 1. The van der Waals surface area contributed by atoms with Gasteiger partial charge in [-0.25, -0.2) is 9.37 Å². The molecule has 0 amide bonds. The van der Waals surface area contributed by atoms with Crippen LogP contribution >= 0.6 is 11.5 Å². The average Bonchev–Trinajstić information content (AvgIpc) is 3.26. The second kappa shape index (κ2) is 6.99. The normalized spacial score (nSPS) is 17.4. The Morgan fingerprint density at radius 3 is 2.96 bits per heavy atom. The van der Waals surface area contributed by atoms with Crippen molar-refractivity contribution in [2.75, 3.05) is 19.8 Å². The number of hydrogen-bond acceptors (Lipinski definition) is 6. The zero-order valence-electron chi connectivity index (χ0n) is 13.3. The summed E-state index contributed by atoms with van der Waals surface area (Å²) in [4.78, 5) is 19.5. The molecular weight excluding hydrogens is 345 g/mol. The van der Waals surface area contributed by atoms with Gasteiger partial charge in [-0.1, -0.05) is 0 Å². The molecule has 0 aliphatic carbocycles. The highest BCUT2D eigenvalue weighted by molar-refractivity contribution is 7.13. The summed E-state index contributed by atoms with van der Waals surface area (Å²) in [7, 11) is 0. The van der Waals surface area contributed by atoms with Gasteiger partial charge in [0.2, 0.25) is 0 Å². The quantitative estimate of drug-likeness (QED) is 0.756. The van der Waals surface area contributed by atoms with Crippen LogP contribution in [-0.2, 0) is 16.1 Å². The molecule has 1 N–H and O–H groups in total. The Morgan fingerprint density at radius 2 is 2.20 bits per heavy atom. The van der Waals surface area contributed by atoms with E-state index in [9.17, 15) is 9.18 Å². The summed E-state index contributed by atoms with van der Waals surface area (Å²) < 4.78 is 28.9. The molecule has 3 aromatic rings. The molecule has 130 valence electrons. The Hall–Kier alpha value is -2.16. The number of fused-ring (bicyclic) bond motifs is 1. The predicted octanol–water partition coefficient (Wildman–Crippen LogP) is 2.74. The summed E-state index contributed by atoms with van der Waals surface area (Å²) in [5.41, 5.74) is 1.58. The number of ether oxygens (including phenoxy) is 2. The zero-order valence-corrected chi connectivity index (χ0v) is 14.1. The van der Waals surface area contributed by atoms with Crippen LogP contribution in [0.1, 0.15) is 12.2 Å². The van der Waals surface area contributed by atoms with Gasteiger partial charge in [0.1, 0.15) is 34.2 Å². The molecule has 1 unspecified atom stereocenters. The molecule has 1 fully saturated rings. The fourth-order valence-electron chi connectivity index (χ4n) is 2.79. The first-order valence-electron chi connectivity index (χ1n) is 8.00. The molecule has 0 radical (unpaired) electrons. The third-order valence-electron chi connectivity index (χ3n) is 4.11. The van der Waals surface area contributed by atoms with Crippen molar-refractivity contribution in [3.05, 3.63) is 46.3 Å². The molecule has 6 nitrogen and oxygen atoms in total. The minimum absolute atomic E-state index is 0.223. The molecule has 0 saturated carbocycles. The maximum Gasteiger partial charge on any atom is 0.270 e. The lowest BCUT2D eigenvalue weighted by molar-refractivity contribution is 0.0753. The number of halogens is 1. The van der Waals surface area contributed by atoms with E-state index in [2.05, 4.69) is 14.3 Å². The van der Waals surface area contributed by atoms with Crippen LogP contribution in [0, 0.1) is 11.7 Å². The Kier molecular flexibility index (Phi) is 4.56. The highest BCUT2D eigenvalue weighted by Crippen LogP contribution is 2.27. The number of benzene rings is 1. The first-order valence-corrected chi connectivity index (χ1v) is 8.78. The summed E-state index contributed by atoms with van der Waals surface area (Å²) in [5.74, 6) is 0.534. The number of aromatic amines is 1. The molecule has 4 rings (SSSR count). The highest BCUT2D eigenvalue weighted by atomic mass is 32.1. The van der Waals surface area contributed by atoms with Crippen molar-refractivity contribution in [2.45, 2.75) is 13.0 Å². The van der Waals surface area contributed by atoms with Gasteiger partial charge >= 0.3 is 0 Å². The van der Waals surface area contributed by atoms with E-state index in [1.165, 1.54) is 12.1 Å². The fraction of sp³-hybridized carbons (Fsp3) is 0.353. The van der Waals surface area contributed by atoms with Crippen molar-refractivity contribution in [3.8, 4) is 11.3 Å². The monoisotopic (exact) mass is 361 g/mol. The van der Waals surface area contributed by atoms with Gasteiger partial charge in [-0.05, 0) is 42.2 Å². The molecule has 8 heteroatoms. The summed E-state index contributed by atoms with van der Waals surface area (Å²) in [5, 5.41) is 0. The first-order chi connectivity index (χ1) is 12.2. The predicted molar refractivity (Wildman–Crippen MR) is 92.0 cm³/mol. The van der Waals surface area contributed by atoms with Gasteiger partial charge in [-0.2, -0.15) is 4.37 Å². The van der Waals surface area contributed by atoms with Crippen LogP contribution in [0.3, 0.4) is 0 Å². The molecule has 0 spiro atoms. The molecule has 1 aliphatic rings. The van der Waals surface area contributed by atoms with Crippen LogP contribution in [0.5, 0.6) is 0 Å². The Balaban J connectivity index is 1.59. The van der Waals surface area contributed by atoms with Crippen molar-refractivity contribution >= 4 is 21.7 Å². The van der Waals surface area contributed by atoms with Crippen LogP contribution in [0.15, 0.2) is 29.1 Å². The maximum absolute atomic E-state index is 13.1. The minimum Gasteiger partial charge on any atom is -0.381 e. The number of nitrogens with one attached hydrogen (secondary N) is 1. The van der Waals surface area contributed by atoms with Gasteiger partial charge in [0.05, 0.1) is 13.2 Å². The third-order valence-corrected chi connectivity index (χ3v) is 4.95. The summed E-state index contributed by atoms with van der Waals surface area (Å²) in [6, 6.07) is 5.98. The fourth-order valence-corrected chi connectivity index (χ4v) is 3.53. The Bertz CT molecular complexity index is 932. The van der Waals surface area contributed by atoms with Gasteiger partial charge in [-0.15, -0.1) is 0 Å². The van der Waals surface area contributed by atoms with Crippen molar-refractivity contribution in [2.24, 2.45) is 5.92 Å². The second-order valence-corrected chi connectivity index (χ2v) is 6.75. The number of nitrogens with zero attached hydrogens (tertiary/aromatic N) is 2. The van der Waals surface area contributed by atoms with Crippen molar-refractivity contribution in [3.63, 3.8) is 0 Å². The van der Waals surface area contributed by atoms with Gasteiger partial charge in [-0.3, -0.25) is 4.79 Å². The molecule has 0 bridgehead atoms. The van der Waals surface area contributed by atoms with Crippen LogP contribution in [0.25, 0.3) is 21.5 Å². The van der Waals surface area contributed by atoms with E-state index in [4.69, 9.17) is 9.47 Å². The smallest absolute Gasteiger partial charge is 0.270 e. The number of rotatable bonds is 5. The van der Waals surface area contributed by atoms with Gasteiger partial charge in [0, 0.05) is 18.1 Å². The van der Waals surface area contributed by atoms with E-state index >= 15 is 0 Å². The van der Waals surface area contributed by atoms with Crippen molar-refractivity contribution < 1.29 is 13.9 Å². The van der Waals surface area contributed by atoms with Crippen molar-refractivity contribution in [1.82, 2.24) is 14.3 Å². The van der Waals surface area contributed by atoms with E-state index in [-0.39, 0.29) is 18.0 Å². The SMILES string of the molecule is O=c1[nH]c(COCC2CCOC2)nc2c(-c3ccc(F)cc3)nsc12. The largest absolute Gasteiger partial charge is 0.381 e. The second-order valence-electron chi connectivity index (χ2n) is 5.97. The number of H-pyrrole nitrogens is 1. The highest BCUT2D eigenvalue weighted by Gasteiger charge is 2.17. The third kappa shape index (κ3) is 3.46. The van der Waals surface area contributed by atoms with Crippen LogP contribution in [0.2, 0.25) is 0 Å². The summed E-state index contributed by atoms with van der Waals surface area (Å²) in [6.45, 7) is 2.29. The molecule has 1 atom stereocenters. The van der Waals surface area contributed by atoms with E-state index in [1.807, 2.05) is 0 Å². The topological polar surface area (TPSA) is 77.1 Å². The molecule has 1 saturated heterocycles. The number of aromatic nitrogens is 3. The van der Waals surface area contributed by atoms with Crippen LogP contribution in [0.4, 0.5) is 4.39 Å². The Morgan fingerprint density at radius 1 is 1.36 bits per heavy atom. The zero-order chi connectivity index (χ0) is 17.2. The first kappa shape index (κ1) is 16.3. The average molecular weight is 361 g/mol. The van der Waals surface area contributed by atoms with Crippen LogP contribution in [-0.4, -0.2) is 34.2 Å². The van der Waals surface area contributed by atoms with Crippen LogP contribution < -0.4 is 5.56 Å². The molecular formula is C17H16FN3O3S. The van der Waals surface area contributed by atoms with Gasteiger partial charge in [0.15, 0.2) is 0 Å². The van der Waals surface area contributed by atoms with E-state index in [1.54, 1.807) is 12.1 Å². The van der Waals surface area contributed by atoms with E-state index < -0.39 is 0 Å². The van der Waals surface area contributed by atoms with Gasteiger partial charge in [0.25, 0.3) is 5.56 Å².